The molecule has 0 aliphatic carbocycles. The first-order valence-corrected chi connectivity index (χ1v) is 3.40. The predicted octanol–water partition coefficient (Wildman–Crippen LogP) is -0.249. The van der Waals surface area contributed by atoms with E-state index < -0.39 is 0 Å². The van der Waals surface area contributed by atoms with Crippen LogP contribution in [-0.2, 0) is 0 Å². The van der Waals surface area contributed by atoms with E-state index in [1.54, 1.807) is 0 Å². The van der Waals surface area contributed by atoms with E-state index >= 15 is 0 Å². The van der Waals surface area contributed by atoms with Crippen LogP contribution in [0.3, 0.4) is 0 Å². The highest BCUT2D eigenvalue weighted by Crippen LogP contribution is 2.16. The molecule has 1 rings (SSSR count). The Morgan fingerprint density at radius 3 is 2.60 bits per heavy atom. The standard InChI is InChI=1S/C4H7N5S/c1-2-8-9-4(10-2)7-3(5)6/h1H3,(H4,5,6,7,9). The van der Waals surface area contributed by atoms with Gasteiger partial charge >= 0.3 is 0 Å². The van der Waals surface area contributed by atoms with Crippen molar-refractivity contribution >= 4 is 22.4 Å². The Morgan fingerprint density at radius 1 is 1.50 bits per heavy atom. The minimum Gasteiger partial charge on any atom is -0.370 e. The molecular weight excluding hydrogens is 150 g/mol. The Labute approximate surface area is 61.8 Å². The van der Waals surface area contributed by atoms with Crippen molar-refractivity contribution in [2.24, 2.45) is 16.5 Å². The van der Waals surface area contributed by atoms with Crippen molar-refractivity contribution in [3.63, 3.8) is 0 Å². The minimum atomic E-state index is 0.0103. The molecule has 0 radical (unpaired) electrons. The molecule has 0 spiro atoms. The van der Waals surface area contributed by atoms with Gasteiger partial charge in [-0.15, -0.1) is 10.2 Å². The van der Waals surface area contributed by atoms with E-state index in [4.69, 9.17) is 11.5 Å². The van der Waals surface area contributed by atoms with Crippen LogP contribution in [0.25, 0.3) is 0 Å². The van der Waals surface area contributed by atoms with Gasteiger partial charge < -0.3 is 11.5 Å². The Morgan fingerprint density at radius 2 is 2.20 bits per heavy atom. The number of aryl methyl sites for hydroxylation is 1. The summed E-state index contributed by atoms with van der Waals surface area (Å²) in [5.74, 6) is 0.0103. The maximum Gasteiger partial charge on any atom is 0.234 e. The van der Waals surface area contributed by atoms with Crippen molar-refractivity contribution in [1.82, 2.24) is 10.2 Å². The van der Waals surface area contributed by atoms with Crippen LogP contribution in [0.5, 0.6) is 0 Å². The van der Waals surface area contributed by atoms with Gasteiger partial charge in [0.2, 0.25) is 5.13 Å². The molecule has 6 heteroatoms. The van der Waals surface area contributed by atoms with Crippen LogP contribution < -0.4 is 11.5 Å². The fraction of sp³-hybridized carbons (Fsp3) is 0.250. The molecule has 0 saturated heterocycles. The molecule has 1 aromatic rings. The van der Waals surface area contributed by atoms with Crippen molar-refractivity contribution < 1.29 is 0 Å². The highest BCUT2D eigenvalue weighted by Gasteiger charge is 1.95. The van der Waals surface area contributed by atoms with Crippen molar-refractivity contribution in [2.45, 2.75) is 6.92 Å². The summed E-state index contributed by atoms with van der Waals surface area (Å²) in [6.07, 6.45) is 0. The molecular formula is C4H7N5S. The summed E-state index contributed by atoms with van der Waals surface area (Å²) in [7, 11) is 0. The van der Waals surface area contributed by atoms with Crippen LogP contribution in [-0.4, -0.2) is 16.2 Å². The molecule has 0 amide bonds. The van der Waals surface area contributed by atoms with Crippen LogP contribution >= 0.6 is 11.3 Å². The zero-order valence-corrected chi connectivity index (χ0v) is 6.22. The number of aliphatic imine (C=N–C) groups is 1. The first-order chi connectivity index (χ1) is 4.68. The van der Waals surface area contributed by atoms with E-state index in [1.165, 1.54) is 11.3 Å². The lowest BCUT2D eigenvalue weighted by molar-refractivity contribution is 1.04. The number of hydrogen-bond donors (Lipinski definition) is 2. The van der Waals surface area contributed by atoms with Gasteiger partial charge in [0.1, 0.15) is 5.01 Å². The summed E-state index contributed by atoms with van der Waals surface area (Å²) in [6.45, 7) is 1.84. The lowest BCUT2D eigenvalue weighted by Crippen LogP contribution is -2.21. The van der Waals surface area contributed by atoms with Crippen LogP contribution in [0.2, 0.25) is 0 Å². The largest absolute Gasteiger partial charge is 0.370 e. The smallest absolute Gasteiger partial charge is 0.234 e. The van der Waals surface area contributed by atoms with E-state index in [2.05, 4.69) is 15.2 Å². The normalized spacial score (nSPS) is 9.30. The highest BCUT2D eigenvalue weighted by atomic mass is 32.1. The molecule has 0 aromatic carbocycles. The zero-order valence-electron chi connectivity index (χ0n) is 5.40. The van der Waals surface area contributed by atoms with Gasteiger partial charge in [0.25, 0.3) is 0 Å². The maximum atomic E-state index is 5.10. The summed E-state index contributed by atoms with van der Waals surface area (Å²) in [5, 5.41) is 8.74. The second-order valence-corrected chi connectivity index (χ2v) is 2.80. The molecule has 54 valence electrons. The first kappa shape index (κ1) is 6.94. The molecule has 0 aliphatic rings. The van der Waals surface area contributed by atoms with Crippen molar-refractivity contribution in [3.05, 3.63) is 5.01 Å². The molecule has 0 fully saturated rings. The molecule has 1 heterocycles. The molecule has 1 aromatic heterocycles. The number of nitrogens with two attached hydrogens (primary N) is 2. The Bertz CT molecular complexity index is 248. The SMILES string of the molecule is Cc1nnc(N=C(N)N)s1. The van der Waals surface area contributed by atoms with Gasteiger partial charge in [-0.25, -0.2) is 0 Å². The fourth-order valence-electron chi connectivity index (χ4n) is 0.442. The molecule has 0 aliphatic heterocycles. The van der Waals surface area contributed by atoms with Crippen molar-refractivity contribution in [1.29, 1.82) is 0 Å². The third-order valence-electron chi connectivity index (χ3n) is 0.740. The Balaban J connectivity index is 2.86. The molecule has 0 atom stereocenters. The first-order valence-electron chi connectivity index (χ1n) is 2.58. The molecule has 4 N–H and O–H groups in total. The lowest BCUT2D eigenvalue weighted by atomic mass is 10.9. The van der Waals surface area contributed by atoms with Crippen molar-refractivity contribution in [2.75, 3.05) is 0 Å². The van der Waals surface area contributed by atoms with Gasteiger partial charge in [-0.2, -0.15) is 4.99 Å². The predicted molar refractivity (Wildman–Crippen MR) is 40.1 cm³/mol. The van der Waals surface area contributed by atoms with Crippen LogP contribution in [0.15, 0.2) is 4.99 Å². The average molecular weight is 157 g/mol. The topological polar surface area (TPSA) is 90.2 Å². The highest BCUT2D eigenvalue weighted by molar-refractivity contribution is 7.14. The van der Waals surface area contributed by atoms with E-state index in [1.807, 2.05) is 6.92 Å². The molecule has 0 bridgehead atoms. The zero-order chi connectivity index (χ0) is 7.56. The molecule has 0 unspecified atom stereocenters. The molecule has 5 nitrogen and oxygen atoms in total. The summed E-state index contributed by atoms with van der Waals surface area (Å²) >= 11 is 1.35. The van der Waals surface area contributed by atoms with E-state index in [0.717, 1.165) is 5.01 Å². The van der Waals surface area contributed by atoms with E-state index in [0.29, 0.717) is 5.13 Å². The van der Waals surface area contributed by atoms with Gasteiger partial charge in [0, 0.05) is 0 Å². The summed E-state index contributed by atoms with van der Waals surface area (Å²) in [4.78, 5) is 3.70. The number of aromatic nitrogens is 2. The number of hydrogen-bond acceptors (Lipinski definition) is 4. The Hall–Kier alpha value is -1.17. The fourth-order valence-corrected chi connectivity index (χ4v) is 1.02. The van der Waals surface area contributed by atoms with Crippen LogP contribution in [0.1, 0.15) is 5.01 Å². The summed E-state index contributed by atoms with van der Waals surface area (Å²) in [6, 6.07) is 0. The third-order valence-corrected chi connectivity index (χ3v) is 1.47. The van der Waals surface area contributed by atoms with Gasteiger partial charge in [-0.1, -0.05) is 11.3 Å². The monoisotopic (exact) mass is 157 g/mol. The number of rotatable bonds is 1. The third kappa shape index (κ3) is 1.66. The minimum absolute atomic E-state index is 0.0103. The summed E-state index contributed by atoms with van der Waals surface area (Å²) in [5.41, 5.74) is 10.2. The Kier molecular flexibility index (Phi) is 1.81. The average Bonchev–Trinajstić information content (AvgIpc) is 2.13. The van der Waals surface area contributed by atoms with Gasteiger partial charge in [-0.05, 0) is 6.92 Å². The second kappa shape index (κ2) is 2.61. The van der Waals surface area contributed by atoms with Crippen LogP contribution in [0.4, 0.5) is 5.13 Å². The number of guanidine groups is 1. The number of nitrogens with zero attached hydrogens (tertiary/aromatic N) is 3. The maximum absolute atomic E-state index is 5.10. The molecule has 0 saturated carbocycles. The summed E-state index contributed by atoms with van der Waals surface area (Å²) < 4.78 is 0. The van der Waals surface area contributed by atoms with E-state index in [-0.39, 0.29) is 5.96 Å². The van der Waals surface area contributed by atoms with Gasteiger partial charge in [0.05, 0.1) is 0 Å². The molecule has 10 heavy (non-hydrogen) atoms. The lowest BCUT2D eigenvalue weighted by Gasteiger charge is -1.83. The van der Waals surface area contributed by atoms with Gasteiger partial charge in [0.15, 0.2) is 5.96 Å². The van der Waals surface area contributed by atoms with Gasteiger partial charge in [-0.3, -0.25) is 0 Å². The van der Waals surface area contributed by atoms with E-state index in [9.17, 15) is 0 Å². The second-order valence-electron chi connectivity index (χ2n) is 1.64. The van der Waals surface area contributed by atoms with Crippen molar-refractivity contribution in [3.8, 4) is 0 Å². The van der Waals surface area contributed by atoms with Crippen LogP contribution in [0, 0.1) is 6.92 Å². The quantitative estimate of drug-likeness (QED) is 0.434.